The summed E-state index contributed by atoms with van der Waals surface area (Å²) in [7, 11) is 0. The summed E-state index contributed by atoms with van der Waals surface area (Å²) in [4.78, 5) is 0. The molecule has 0 fully saturated rings. The van der Waals surface area contributed by atoms with Gasteiger partial charge in [0.1, 0.15) is 0 Å². The summed E-state index contributed by atoms with van der Waals surface area (Å²) in [5.74, 6) is 4.08. The van der Waals surface area contributed by atoms with E-state index in [2.05, 4.69) is 18.1 Å². The van der Waals surface area contributed by atoms with E-state index < -0.39 is 0 Å². The molecule has 21 valence electrons. The molecule has 0 amide bonds. The van der Waals surface area contributed by atoms with Gasteiger partial charge in [-0.15, -0.1) is 0 Å². The standard InChI is InChI=1S/CHS.3Y/c1-2;;;/h1H;;;/q-1;;;. The van der Waals surface area contributed by atoms with E-state index >= 15 is 0 Å². The molecule has 0 aromatic heterocycles. The summed E-state index contributed by atoms with van der Waals surface area (Å²) in [5.41, 5.74) is 0. The molecule has 0 unspecified atom stereocenters. The predicted octanol–water partition coefficient (Wildman–Crippen LogP) is 0.485. The molecule has 4 heteroatoms. The second-order valence-electron chi connectivity index (χ2n) is 0. The minimum absolute atomic E-state index is 0. The Morgan fingerprint density at radius 1 is 0.800 bits per heavy atom. The van der Waals surface area contributed by atoms with Gasteiger partial charge >= 0.3 is 0 Å². The van der Waals surface area contributed by atoms with Gasteiger partial charge in [-0.1, -0.05) is 0 Å². The van der Waals surface area contributed by atoms with Crippen molar-refractivity contribution in [2.75, 3.05) is 0 Å². The molecule has 0 saturated carbocycles. The van der Waals surface area contributed by atoms with Gasteiger partial charge in [-0.2, -0.15) is 0 Å². The van der Waals surface area contributed by atoms with Gasteiger partial charge in [-0.05, 0) is 0 Å². The van der Waals surface area contributed by atoms with Gasteiger partial charge in [0.2, 0.25) is 0 Å². The van der Waals surface area contributed by atoms with Gasteiger partial charge in [-0.25, -0.2) is 0 Å². The van der Waals surface area contributed by atoms with E-state index in [0.717, 1.165) is 0 Å². The zero-order valence-electron chi connectivity index (χ0n) is 2.72. The van der Waals surface area contributed by atoms with Crippen LogP contribution in [0.4, 0.5) is 0 Å². The summed E-state index contributed by atoms with van der Waals surface area (Å²) in [5, 5.41) is 0. The van der Waals surface area contributed by atoms with Gasteiger partial charge in [0.25, 0.3) is 0 Å². The van der Waals surface area contributed by atoms with Crippen molar-refractivity contribution in [3.8, 4) is 0 Å². The van der Waals surface area contributed by atoms with Crippen LogP contribution in [0.5, 0.6) is 0 Å². The molecule has 5 heavy (non-hydrogen) atoms. The number of thiocarbonyl (C=S) groups is 1. The fourth-order valence-corrected chi connectivity index (χ4v) is 0. The third-order valence-electron chi connectivity index (χ3n) is 0. The van der Waals surface area contributed by atoms with Crippen molar-refractivity contribution >= 4 is 18.1 Å². The van der Waals surface area contributed by atoms with E-state index in [1.54, 1.807) is 0 Å². The molecular formula is CHSY3-. The fraction of sp³-hybridized carbons (Fsp3) is 0. The molecule has 3 radical (unpaired) electrons. The van der Waals surface area contributed by atoms with E-state index in [4.69, 9.17) is 0 Å². The number of hydrogen-bond acceptors (Lipinski definition) is 1. The molecule has 0 spiro atoms. The Balaban J connectivity index is -0.00000000167. The Bertz CT molecular complexity index is 6.85. The Morgan fingerprint density at radius 3 is 0.800 bits per heavy atom. The quantitative estimate of drug-likeness (QED) is 0.463. The molecular weight excluding hydrogens is 311 g/mol. The third kappa shape index (κ3) is 18.7. The average Bonchev–Trinajstić information content (AvgIpc) is 1.00. The van der Waals surface area contributed by atoms with Crippen LogP contribution in [0.3, 0.4) is 0 Å². The SMILES string of the molecule is [CH-]=S.[Y].[Y].[Y]. The average molecular weight is 312 g/mol. The second-order valence-corrected chi connectivity index (χ2v) is 0. The maximum atomic E-state index is 4.08. The molecule has 0 atom stereocenters. The van der Waals surface area contributed by atoms with Crippen molar-refractivity contribution in [3.05, 3.63) is 0 Å². The summed E-state index contributed by atoms with van der Waals surface area (Å²) in [6.07, 6.45) is 0. The molecule has 0 aromatic rings. The zero-order valence-corrected chi connectivity index (χ0v) is 12.0. The first-order valence-corrected chi connectivity index (χ1v) is 0.707. The molecule has 0 aromatic carbocycles. The summed E-state index contributed by atoms with van der Waals surface area (Å²) >= 11 is 3.58. The minimum atomic E-state index is 0. The topological polar surface area (TPSA) is 0 Å². The molecule has 0 aliphatic heterocycles. The first kappa shape index (κ1) is 23.8. The summed E-state index contributed by atoms with van der Waals surface area (Å²) in [6, 6.07) is 0. The van der Waals surface area contributed by atoms with E-state index in [9.17, 15) is 0 Å². The number of rotatable bonds is 0. The van der Waals surface area contributed by atoms with Gasteiger partial charge in [0.05, 0.1) is 0 Å². The van der Waals surface area contributed by atoms with Crippen molar-refractivity contribution in [1.29, 1.82) is 0 Å². The van der Waals surface area contributed by atoms with E-state index in [1.165, 1.54) is 0 Å². The molecule has 0 aliphatic carbocycles. The molecule has 0 N–H and O–H groups in total. The maximum Gasteiger partial charge on any atom is 0 e. The van der Waals surface area contributed by atoms with Crippen LogP contribution in [0.2, 0.25) is 0 Å². The Labute approximate surface area is 113 Å². The number of hydrogen-bond donors (Lipinski definition) is 0. The minimum Gasteiger partial charge on any atom is -0.442 e. The van der Waals surface area contributed by atoms with E-state index in [-0.39, 0.29) is 98.1 Å². The first-order valence-electron chi connectivity index (χ1n) is 0.236. The molecule has 0 aliphatic rings. The van der Waals surface area contributed by atoms with Crippen molar-refractivity contribution in [2.24, 2.45) is 0 Å². The molecule has 0 nitrogen and oxygen atoms in total. The van der Waals surface area contributed by atoms with Crippen LogP contribution in [-0.2, 0) is 98.1 Å². The van der Waals surface area contributed by atoms with Crippen molar-refractivity contribution in [2.45, 2.75) is 0 Å². The second kappa shape index (κ2) is 26.2. The molecule has 0 heterocycles. The van der Waals surface area contributed by atoms with Crippen LogP contribution in [-0.4, -0.2) is 5.87 Å². The van der Waals surface area contributed by atoms with Crippen LogP contribution < -0.4 is 0 Å². The van der Waals surface area contributed by atoms with Crippen LogP contribution in [0.25, 0.3) is 0 Å². The normalized spacial score (nSPS) is 0.800. The largest absolute Gasteiger partial charge is 0.442 e. The van der Waals surface area contributed by atoms with E-state index in [0.29, 0.717) is 0 Å². The zero-order chi connectivity index (χ0) is 2.00. The Morgan fingerprint density at radius 2 is 0.800 bits per heavy atom. The van der Waals surface area contributed by atoms with Crippen LogP contribution in [0, 0.1) is 0 Å². The molecule has 0 rings (SSSR count). The van der Waals surface area contributed by atoms with Crippen molar-refractivity contribution in [3.63, 3.8) is 0 Å². The third-order valence-corrected chi connectivity index (χ3v) is 0. The summed E-state index contributed by atoms with van der Waals surface area (Å²) < 4.78 is 0. The first-order chi connectivity index (χ1) is 1.00. The predicted molar refractivity (Wildman–Crippen MR) is 13.7 cm³/mol. The fourth-order valence-electron chi connectivity index (χ4n) is 0. The Kier molecular flexibility index (Phi) is 125. The van der Waals surface area contributed by atoms with Crippen LogP contribution in [0.15, 0.2) is 0 Å². The van der Waals surface area contributed by atoms with Gasteiger partial charge in [0, 0.05) is 98.1 Å². The van der Waals surface area contributed by atoms with Crippen LogP contribution in [0.1, 0.15) is 0 Å². The van der Waals surface area contributed by atoms with Crippen LogP contribution >= 0.6 is 12.2 Å². The monoisotopic (exact) mass is 312 g/mol. The molecule has 0 saturated heterocycles. The summed E-state index contributed by atoms with van der Waals surface area (Å²) in [6.45, 7) is 0. The van der Waals surface area contributed by atoms with Gasteiger partial charge < -0.3 is 18.1 Å². The van der Waals surface area contributed by atoms with Crippen molar-refractivity contribution < 1.29 is 98.1 Å². The Hall–Kier alpha value is 3.40. The maximum absolute atomic E-state index is 4.08. The smallest absolute Gasteiger partial charge is 0 e. The van der Waals surface area contributed by atoms with Crippen molar-refractivity contribution in [1.82, 2.24) is 0 Å². The van der Waals surface area contributed by atoms with E-state index in [1.807, 2.05) is 0 Å². The van der Waals surface area contributed by atoms with Gasteiger partial charge in [0.15, 0.2) is 0 Å². The van der Waals surface area contributed by atoms with Gasteiger partial charge in [-0.3, -0.25) is 0 Å². The molecule has 0 bridgehead atoms.